The lowest BCUT2D eigenvalue weighted by molar-refractivity contribution is -0.0781. The highest BCUT2D eigenvalue weighted by Crippen LogP contribution is 2.51. The molecule has 27 heavy (non-hydrogen) atoms. The summed E-state index contributed by atoms with van der Waals surface area (Å²) >= 11 is 0. The van der Waals surface area contributed by atoms with Crippen LogP contribution in [0.5, 0.6) is 0 Å². The van der Waals surface area contributed by atoms with Crippen LogP contribution in [0.4, 0.5) is 0 Å². The minimum absolute atomic E-state index is 0.0370. The van der Waals surface area contributed by atoms with Gasteiger partial charge in [0.15, 0.2) is 5.72 Å². The van der Waals surface area contributed by atoms with E-state index in [4.69, 9.17) is 4.74 Å². The predicted octanol–water partition coefficient (Wildman–Crippen LogP) is 5.14. The molecule has 3 aromatic rings. The maximum absolute atomic E-state index is 13.8. The summed E-state index contributed by atoms with van der Waals surface area (Å²) in [5.41, 5.74) is 4.25. The van der Waals surface area contributed by atoms with Crippen LogP contribution in [0.3, 0.4) is 0 Å². The fourth-order valence-corrected chi connectivity index (χ4v) is 4.60. The second-order valence-corrected chi connectivity index (χ2v) is 7.14. The molecule has 0 N–H and O–H groups in total. The standard InChI is InChI=1S/C24H21NO2/c1-2-24-21-15-9-8-13-19(21)18-12-6-7-14-20(18)23(26)25(24)22(16-27-24)17-10-4-3-5-11-17/h3-15,22H,2,16H2,1H3/t22-,24-/m0/s1. The SMILES string of the molecule is CC[C@@]12OC[C@@H](c3ccccc3)N1C(=O)c1ccccc1-c1ccccc12. The highest BCUT2D eigenvalue weighted by molar-refractivity contribution is 6.03. The number of hydrogen-bond acceptors (Lipinski definition) is 2. The average Bonchev–Trinajstić information content (AvgIpc) is 3.11. The summed E-state index contributed by atoms with van der Waals surface area (Å²) in [4.78, 5) is 15.8. The molecule has 1 saturated heterocycles. The maximum Gasteiger partial charge on any atom is 0.257 e. The van der Waals surface area contributed by atoms with Gasteiger partial charge in [-0.25, -0.2) is 0 Å². The smallest absolute Gasteiger partial charge is 0.257 e. The van der Waals surface area contributed by atoms with Crippen LogP contribution in [0.15, 0.2) is 78.9 Å². The molecule has 0 aromatic heterocycles. The van der Waals surface area contributed by atoms with Gasteiger partial charge in [-0.3, -0.25) is 9.69 Å². The van der Waals surface area contributed by atoms with E-state index in [2.05, 4.69) is 31.2 Å². The Bertz CT molecular complexity index is 1010. The van der Waals surface area contributed by atoms with E-state index in [-0.39, 0.29) is 11.9 Å². The van der Waals surface area contributed by atoms with Crippen molar-refractivity contribution in [2.75, 3.05) is 6.61 Å². The molecular formula is C24H21NO2. The van der Waals surface area contributed by atoms with Gasteiger partial charge in [-0.2, -0.15) is 0 Å². The number of rotatable bonds is 2. The van der Waals surface area contributed by atoms with Crippen LogP contribution in [0, 0.1) is 0 Å². The van der Waals surface area contributed by atoms with Gasteiger partial charge in [0, 0.05) is 11.1 Å². The molecular weight excluding hydrogens is 334 g/mol. The van der Waals surface area contributed by atoms with Crippen molar-refractivity contribution in [3.05, 3.63) is 95.6 Å². The Balaban J connectivity index is 1.80. The van der Waals surface area contributed by atoms with Crippen LogP contribution in [0.1, 0.15) is 40.9 Å². The van der Waals surface area contributed by atoms with Crippen molar-refractivity contribution in [2.24, 2.45) is 0 Å². The van der Waals surface area contributed by atoms with Gasteiger partial charge in [-0.05, 0) is 29.2 Å². The first-order valence-corrected chi connectivity index (χ1v) is 9.48. The first-order chi connectivity index (χ1) is 13.3. The van der Waals surface area contributed by atoms with Crippen LogP contribution < -0.4 is 0 Å². The molecule has 2 atom stereocenters. The monoisotopic (exact) mass is 355 g/mol. The highest BCUT2D eigenvalue weighted by atomic mass is 16.5. The molecule has 2 aliphatic rings. The summed E-state index contributed by atoms with van der Waals surface area (Å²) in [6, 6.07) is 26.3. The zero-order valence-electron chi connectivity index (χ0n) is 15.3. The Hall–Kier alpha value is -2.91. The Morgan fingerprint density at radius 2 is 1.52 bits per heavy atom. The van der Waals surface area contributed by atoms with Crippen molar-refractivity contribution in [3.8, 4) is 11.1 Å². The number of carbonyl (C=O) groups is 1. The molecule has 2 heterocycles. The number of carbonyl (C=O) groups excluding carboxylic acids is 1. The van der Waals surface area contributed by atoms with E-state index < -0.39 is 5.72 Å². The van der Waals surface area contributed by atoms with Crippen LogP contribution in [-0.2, 0) is 10.5 Å². The Labute approximate surface area is 159 Å². The van der Waals surface area contributed by atoms with E-state index in [0.717, 1.165) is 27.8 Å². The minimum Gasteiger partial charge on any atom is -0.349 e. The lowest BCUT2D eigenvalue weighted by Gasteiger charge is -2.38. The molecule has 3 heteroatoms. The Kier molecular flexibility index (Phi) is 3.66. The lowest BCUT2D eigenvalue weighted by atomic mass is 9.90. The lowest BCUT2D eigenvalue weighted by Crippen LogP contribution is -2.45. The first kappa shape index (κ1) is 16.3. The normalized spacial score (nSPS) is 23.4. The zero-order chi connectivity index (χ0) is 18.4. The number of nitrogens with zero attached hydrogens (tertiary/aromatic N) is 1. The van der Waals surface area contributed by atoms with Crippen molar-refractivity contribution >= 4 is 5.91 Å². The third-order valence-electron chi connectivity index (χ3n) is 5.86. The molecule has 5 rings (SSSR count). The van der Waals surface area contributed by atoms with Crippen molar-refractivity contribution in [1.82, 2.24) is 4.90 Å². The third kappa shape index (κ3) is 2.22. The second-order valence-electron chi connectivity index (χ2n) is 7.14. The summed E-state index contributed by atoms with van der Waals surface area (Å²) in [5.74, 6) is 0.0370. The van der Waals surface area contributed by atoms with Gasteiger partial charge in [0.1, 0.15) is 0 Å². The molecule has 134 valence electrons. The van der Waals surface area contributed by atoms with Crippen molar-refractivity contribution in [3.63, 3.8) is 0 Å². The highest BCUT2D eigenvalue weighted by Gasteiger charge is 2.53. The van der Waals surface area contributed by atoms with Crippen molar-refractivity contribution in [1.29, 1.82) is 0 Å². The molecule has 0 aliphatic carbocycles. The van der Waals surface area contributed by atoms with Gasteiger partial charge in [-0.1, -0.05) is 79.7 Å². The summed E-state index contributed by atoms with van der Waals surface area (Å²) in [5, 5.41) is 0. The number of amides is 1. The molecule has 3 aromatic carbocycles. The second kappa shape index (κ2) is 6.07. The topological polar surface area (TPSA) is 29.5 Å². The van der Waals surface area contributed by atoms with Crippen LogP contribution in [0.2, 0.25) is 0 Å². The van der Waals surface area contributed by atoms with E-state index >= 15 is 0 Å². The molecule has 0 unspecified atom stereocenters. The predicted molar refractivity (Wildman–Crippen MR) is 105 cm³/mol. The van der Waals surface area contributed by atoms with Crippen LogP contribution in [0.25, 0.3) is 11.1 Å². The van der Waals surface area contributed by atoms with E-state index in [0.29, 0.717) is 13.0 Å². The molecule has 1 fully saturated rings. The van der Waals surface area contributed by atoms with Gasteiger partial charge >= 0.3 is 0 Å². The largest absolute Gasteiger partial charge is 0.349 e. The van der Waals surface area contributed by atoms with Gasteiger partial charge < -0.3 is 4.74 Å². The Morgan fingerprint density at radius 3 is 2.26 bits per heavy atom. The first-order valence-electron chi connectivity index (χ1n) is 9.48. The number of ether oxygens (including phenoxy) is 1. The van der Waals surface area contributed by atoms with E-state index in [1.807, 2.05) is 59.5 Å². The van der Waals surface area contributed by atoms with Crippen molar-refractivity contribution < 1.29 is 9.53 Å². The van der Waals surface area contributed by atoms with E-state index in [1.54, 1.807) is 0 Å². The minimum atomic E-state index is -0.743. The fraction of sp³-hybridized carbons (Fsp3) is 0.208. The van der Waals surface area contributed by atoms with Gasteiger partial charge in [0.25, 0.3) is 5.91 Å². The summed E-state index contributed by atoms with van der Waals surface area (Å²) < 4.78 is 6.47. The molecule has 0 spiro atoms. The average molecular weight is 355 g/mol. The molecule has 0 radical (unpaired) electrons. The summed E-state index contributed by atoms with van der Waals surface area (Å²) in [6.45, 7) is 2.60. The van der Waals surface area contributed by atoms with Gasteiger partial charge in [-0.15, -0.1) is 0 Å². The molecule has 0 bridgehead atoms. The Morgan fingerprint density at radius 1 is 0.889 bits per heavy atom. The molecule has 1 amide bonds. The number of fused-ring (bicyclic) bond motifs is 5. The third-order valence-corrected chi connectivity index (χ3v) is 5.86. The quantitative estimate of drug-likeness (QED) is 0.637. The van der Waals surface area contributed by atoms with Gasteiger partial charge in [0.2, 0.25) is 0 Å². The molecule has 3 nitrogen and oxygen atoms in total. The van der Waals surface area contributed by atoms with Crippen LogP contribution in [-0.4, -0.2) is 17.4 Å². The van der Waals surface area contributed by atoms with Gasteiger partial charge in [0.05, 0.1) is 12.6 Å². The van der Waals surface area contributed by atoms with Crippen LogP contribution >= 0.6 is 0 Å². The van der Waals surface area contributed by atoms with Crippen molar-refractivity contribution in [2.45, 2.75) is 25.1 Å². The molecule has 2 aliphatic heterocycles. The fourth-order valence-electron chi connectivity index (χ4n) is 4.60. The molecule has 0 saturated carbocycles. The van der Waals surface area contributed by atoms with E-state index in [9.17, 15) is 4.79 Å². The van der Waals surface area contributed by atoms with E-state index in [1.165, 1.54) is 0 Å². The number of benzene rings is 3. The summed E-state index contributed by atoms with van der Waals surface area (Å²) in [7, 11) is 0. The maximum atomic E-state index is 13.8. The number of hydrogen-bond donors (Lipinski definition) is 0. The zero-order valence-corrected chi connectivity index (χ0v) is 15.3. The summed E-state index contributed by atoms with van der Waals surface area (Å²) in [6.07, 6.45) is 0.701.